The SMILES string of the molecule is CC(C)(C)OC(=O)C1CNCC2C(=O)N(c3cccc(Cl)c3)CN12. The normalized spacial score (nSPS) is 24.8. The first kappa shape index (κ1) is 17.2. The lowest BCUT2D eigenvalue weighted by molar-refractivity contribution is -0.162. The number of carbonyl (C=O) groups excluding carboxylic acids is 2. The Morgan fingerprint density at radius 2 is 2.08 bits per heavy atom. The van der Waals surface area contributed by atoms with Crippen LogP contribution in [0.5, 0.6) is 0 Å². The fourth-order valence-corrected chi connectivity index (χ4v) is 3.27. The van der Waals surface area contributed by atoms with Crippen molar-refractivity contribution in [3.05, 3.63) is 29.3 Å². The third-order valence-electron chi connectivity index (χ3n) is 4.13. The molecule has 1 aromatic rings. The number of anilines is 1. The number of carbonyl (C=O) groups is 2. The van der Waals surface area contributed by atoms with E-state index in [0.717, 1.165) is 5.69 Å². The Hall–Kier alpha value is -1.63. The van der Waals surface area contributed by atoms with E-state index in [0.29, 0.717) is 24.8 Å². The smallest absolute Gasteiger partial charge is 0.325 e. The maximum absolute atomic E-state index is 12.8. The molecule has 0 saturated carbocycles. The number of benzene rings is 1. The van der Waals surface area contributed by atoms with Crippen LogP contribution in [-0.4, -0.2) is 54.2 Å². The Bertz CT molecular complexity index is 659. The van der Waals surface area contributed by atoms with Crippen molar-refractivity contribution in [2.24, 2.45) is 0 Å². The zero-order valence-corrected chi connectivity index (χ0v) is 14.8. The Morgan fingerprint density at radius 3 is 2.75 bits per heavy atom. The van der Waals surface area contributed by atoms with Gasteiger partial charge in [-0.1, -0.05) is 17.7 Å². The number of piperazine rings is 1. The number of esters is 1. The highest BCUT2D eigenvalue weighted by Crippen LogP contribution is 2.28. The number of nitrogens with one attached hydrogen (secondary N) is 1. The van der Waals surface area contributed by atoms with Gasteiger partial charge < -0.3 is 10.1 Å². The maximum Gasteiger partial charge on any atom is 0.325 e. The molecule has 1 N–H and O–H groups in total. The van der Waals surface area contributed by atoms with E-state index < -0.39 is 11.6 Å². The van der Waals surface area contributed by atoms with Crippen LogP contribution in [0.4, 0.5) is 5.69 Å². The second kappa shape index (κ2) is 6.35. The van der Waals surface area contributed by atoms with E-state index in [-0.39, 0.29) is 17.9 Å². The van der Waals surface area contributed by atoms with E-state index in [1.54, 1.807) is 17.0 Å². The first-order valence-corrected chi connectivity index (χ1v) is 8.40. The molecule has 0 aromatic heterocycles. The van der Waals surface area contributed by atoms with Gasteiger partial charge in [-0.05, 0) is 39.0 Å². The molecule has 7 heteroatoms. The minimum Gasteiger partial charge on any atom is -0.459 e. The lowest BCUT2D eigenvalue weighted by Gasteiger charge is -2.35. The van der Waals surface area contributed by atoms with E-state index in [4.69, 9.17) is 16.3 Å². The van der Waals surface area contributed by atoms with Crippen LogP contribution in [0.25, 0.3) is 0 Å². The molecule has 0 aliphatic carbocycles. The molecule has 130 valence electrons. The summed E-state index contributed by atoms with van der Waals surface area (Å²) >= 11 is 6.04. The molecule has 2 aliphatic rings. The van der Waals surface area contributed by atoms with Crippen LogP contribution in [-0.2, 0) is 14.3 Å². The van der Waals surface area contributed by atoms with E-state index >= 15 is 0 Å². The molecule has 3 rings (SSSR count). The number of nitrogens with zero attached hydrogens (tertiary/aromatic N) is 2. The van der Waals surface area contributed by atoms with Crippen LogP contribution >= 0.6 is 11.6 Å². The average molecular weight is 352 g/mol. The summed E-state index contributed by atoms with van der Waals surface area (Å²) in [6, 6.07) is 6.34. The molecule has 0 bridgehead atoms. The summed E-state index contributed by atoms with van der Waals surface area (Å²) in [5.74, 6) is -0.335. The van der Waals surface area contributed by atoms with Gasteiger partial charge in [-0.25, -0.2) is 0 Å². The van der Waals surface area contributed by atoms with Gasteiger partial charge in [0.2, 0.25) is 5.91 Å². The zero-order chi connectivity index (χ0) is 17.5. The Morgan fingerprint density at radius 1 is 1.33 bits per heavy atom. The van der Waals surface area contributed by atoms with Crippen molar-refractivity contribution in [3.63, 3.8) is 0 Å². The molecular weight excluding hydrogens is 330 g/mol. The molecule has 2 aliphatic heterocycles. The summed E-state index contributed by atoms with van der Waals surface area (Å²) in [6.07, 6.45) is 0. The lowest BCUT2D eigenvalue weighted by Crippen LogP contribution is -2.60. The fourth-order valence-electron chi connectivity index (χ4n) is 3.09. The molecule has 2 fully saturated rings. The lowest BCUT2D eigenvalue weighted by atomic mass is 10.1. The van der Waals surface area contributed by atoms with Crippen molar-refractivity contribution in [3.8, 4) is 0 Å². The number of hydrogen-bond acceptors (Lipinski definition) is 5. The second-order valence-corrected chi connectivity index (χ2v) is 7.56. The Kier molecular flexibility index (Phi) is 4.55. The molecule has 0 spiro atoms. The fraction of sp³-hybridized carbons (Fsp3) is 0.529. The first-order chi connectivity index (χ1) is 11.3. The van der Waals surface area contributed by atoms with Gasteiger partial charge in [0.25, 0.3) is 0 Å². The van der Waals surface area contributed by atoms with Gasteiger partial charge in [0.1, 0.15) is 17.7 Å². The minimum absolute atomic E-state index is 0.0296. The third kappa shape index (κ3) is 3.41. The highest BCUT2D eigenvalue weighted by Gasteiger charge is 2.47. The van der Waals surface area contributed by atoms with Crippen LogP contribution in [0, 0.1) is 0 Å². The predicted molar refractivity (Wildman–Crippen MR) is 91.9 cm³/mol. The van der Waals surface area contributed by atoms with Crippen molar-refractivity contribution in [2.75, 3.05) is 24.7 Å². The van der Waals surface area contributed by atoms with Crippen molar-refractivity contribution in [2.45, 2.75) is 38.5 Å². The molecule has 2 saturated heterocycles. The van der Waals surface area contributed by atoms with Crippen LogP contribution in [0.15, 0.2) is 24.3 Å². The van der Waals surface area contributed by atoms with Crippen LogP contribution in [0.1, 0.15) is 20.8 Å². The van der Waals surface area contributed by atoms with Gasteiger partial charge in [0, 0.05) is 23.8 Å². The summed E-state index contributed by atoms with van der Waals surface area (Å²) in [4.78, 5) is 28.8. The number of fused-ring (bicyclic) bond motifs is 1. The van der Waals surface area contributed by atoms with Crippen molar-refractivity contribution >= 4 is 29.2 Å². The summed E-state index contributed by atoms with van der Waals surface area (Å²) in [5, 5.41) is 3.75. The van der Waals surface area contributed by atoms with Crippen molar-refractivity contribution in [1.82, 2.24) is 10.2 Å². The Labute approximate surface area is 146 Å². The number of hydrogen-bond donors (Lipinski definition) is 1. The monoisotopic (exact) mass is 351 g/mol. The topological polar surface area (TPSA) is 61.9 Å². The molecule has 1 aromatic carbocycles. The van der Waals surface area contributed by atoms with E-state index in [1.807, 2.05) is 37.8 Å². The molecule has 24 heavy (non-hydrogen) atoms. The maximum atomic E-state index is 12.8. The number of amides is 1. The molecule has 2 unspecified atom stereocenters. The van der Waals surface area contributed by atoms with Gasteiger partial charge in [0.15, 0.2) is 0 Å². The third-order valence-corrected chi connectivity index (χ3v) is 4.37. The highest BCUT2D eigenvalue weighted by molar-refractivity contribution is 6.31. The van der Waals surface area contributed by atoms with E-state index in [1.165, 1.54) is 0 Å². The summed E-state index contributed by atoms with van der Waals surface area (Å²) in [7, 11) is 0. The van der Waals surface area contributed by atoms with Crippen LogP contribution in [0.3, 0.4) is 0 Å². The zero-order valence-electron chi connectivity index (χ0n) is 14.1. The van der Waals surface area contributed by atoms with E-state index in [2.05, 4.69) is 5.32 Å². The van der Waals surface area contributed by atoms with Gasteiger partial charge in [-0.3, -0.25) is 19.4 Å². The minimum atomic E-state index is -0.555. The standard InChI is InChI=1S/C17H22ClN3O3/c1-17(2,3)24-16(23)14-9-19-8-13-15(22)20(10-21(13)14)12-6-4-5-11(18)7-12/h4-7,13-14,19H,8-10H2,1-3H3. The molecular formula is C17H22ClN3O3. The number of rotatable bonds is 2. The van der Waals surface area contributed by atoms with Gasteiger partial charge in [-0.2, -0.15) is 0 Å². The van der Waals surface area contributed by atoms with Gasteiger partial charge in [0.05, 0.1) is 6.67 Å². The molecule has 0 radical (unpaired) electrons. The second-order valence-electron chi connectivity index (χ2n) is 7.13. The number of halogens is 1. The van der Waals surface area contributed by atoms with Gasteiger partial charge in [-0.15, -0.1) is 0 Å². The van der Waals surface area contributed by atoms with Gasteiger partial charge >= 0.3 is 5.97 Å². The highest BCUT2D eigenvalue weighted by atomic mass is 35.5. The molecule has 1 amide bonds. The average Bonchev–Trinajstić information content (AvgIpc) is 2.83. The Balaban J connectivity index is 1.82. The largest absolute Gasteiger partial charge is 0.459 e. The number of ether oxygens (including phenoxy) is 1. The quantitative estimate of drug-likeness (QED) is 0.821. The molecule has 2 atom stereocenters. The molecule has 2 heterocycles. The van der Waals surface area contributed by atoms with E-state index in [9.17, 15) is 9.59 Å². The first-order valence-electron chi connectivity index (χ1n) is 8.02. The summed E-state index contributed by atoms with van der Waals surface area (Å²) in [5.41, 5.74) is 0.185. The van der Waals surface area contributed by atoms with Crippen LogP contribution in [0.2, 0.25) is 5.02 Å². The summed E-state index contributed by atoms with van der Waals surface area (Å²) in [6.45, 7) is 6.87. The predicted octanol–water partition coefficient (Wildman–Crippen LogP) is 1.63. The molecule has 6 nitrogen and oxygen atoms in total. The van der Waals surface area contributed by atoms with Crippen molar-refractivity contribution in [1.29, 1.82) is 0 Å². The summed E-state index contributed by atoms with van der Waals surface area (Å²) < 4.78 is 5.51. The van der Waals surface area contributed by atoms with Crippen LogP contribution < -0.4 is 10.2 Å². The van der Waals surface area contributed by atoms with Crippen molar-refractivity contribution < 1.29 is 14.3 Å².